The Labute approximate surface area is 212 Å². The molecule has 0 radical (unpaired) electrons. The maximum Gasteiger partial charge on any atom is 0.255 e. The highest BCUT2D eigenvalue weighted by molar-refractivity contribution is 6.09. The number of rotatable bonds is 9. The van der Waals surface area contributed by atoms with E-state index >= 15 is 0 Å². The molecule has 0 aromatic heterocycles. The molecule has 36 heavy (non-hydrogen) atoms. The van der Waals surface area contributed by atoms with Crippen molar-refractivity contribution in [1.29, 1.82) is 0 Å². The predicted octanol–water partition coefficient (Wildman–Crippen LogP) is 4.92. The first-order valence-corrected chi connectivity index (χ1v) is 12.3. The summed E-state index contributed by atoms with van der Waals surface area (Å²) in [4.78, 5) is 28.2. The van der Waals surface area contributed by atoms with Crippen LogP contribution in [0.4, 0.5) is 11.4 Å². The van der Waals surface area contributed by atoms with Gasteiger partial charge < -0.3 is 25.0 Å². The summed E-state index contributed by atoms with van der Waals surface area (Å²) in [5.41, 5.74) is 3.61. The molecule has 2 N–H and O–H groups in total. The molecule has 0 aliphatic carbocycles. The number of carbonyl (C=O) groups excluding carboxylic acids is 2. The average molecular weight is 488 g/mol. The van der Waals surface area contributed by atoms with Crippen molar-refractivity contribution < 1.29 is 19.1 Å². The van der Waals surface area contributed by atoms with Crippen molar-refractivity contribution in [2.75, 3.05) is 44.1 Å². The molecule has 2 amide bonds. The fourth-order valence-electron chi connectivity index (χ4n) is 4.41. The van der Waals surface area contributed by atoms with Crippen molar-refractivity contribution in [1.82, 2.24) is 5.32 Å². The first-order chi connectivity index (χ1) is 17.6. The molecule has 188 valence electrons. The SMILES string of the molecule is COc1ccc(CCNC(=O)c2ccccc2NC(=O)c2ccc(N3CCCCC3)cc2)cc1OC. The molecule has 0 atom stereocenters. The lowest BCUT2D eigenvalue weighted by atomic mass is 10.1. The molecule has 1 aliphatic rings. The number of carbonyl (C=O) groups is 2. The van der Waals surface area contributed by atoms with E-state index in [-0.39, 0.29) is 11.8 Å². The standard InChI is InChI=1S/C29H33N3O4/c1-35-26-15-10-21(20-27(26)36-2)16-17-30-29(34)24-8-4-5-9-25(24)31-28(33)22-11-13-23(14-12-22)32-18-6-3-7-19-32/h4-5,8-15,20H,3,6-7,16-19H2,1-2H3,(H,30,34)(H,31,33). The number of piperidine rings is 1. The predicted molar refractivity (Wildman–Crippen MR) is 142 cm³/mol. The molecule has 3 aromatic carbocycles. The fraction of sp³-hybridized carbons (Fsp3) is 0.310. The van der Waals surface area contributed by atoms with Crippen LogP contribution in [-0.2, 0) is 6.42 Å². The summed E-state index contributed by atoms with van der Waals surface area (Å²) >= 11 is 0. The first kappa shape index (κ1) is 25.1. The van der Waals surface area contributed by atoms with E-state index in [1.54, 1.807) is 38.5 Å². The zero-order chi connectivity index (χ0) is 25.3. The van der Waals surface area contributed by atoms with Crippen molar-refractivity contribution in [3.63, 3.8) is 0 Å². The molecule has 7 heteroatoms. The topological polar surface area (TPSA) is 79.9 Å². The normalized spacial score (nSPS) is 13.1. The minimum absolute atomic E-state index is 0.244. The van der Waals surface area contributed by atoms with Crippen LogP contribution in [-0.4, -0.2) is 45.7 Å². The van der Waals surface area contributed by atoms with Gasteiger partial charge in [0.1, 0.15) is 0 Å². The molecule has 1 heterocycles. The van der Waals surface area contributed by atoms with Gasteiger partial charge in [-0.3, -0.25) is 9.59 Å². The van der Waals surface area contributed by atoms with Crippen LogP contribution in [0.3, 0.4) is 0 Å². The molecule has 1 aliphatic heterocycles. The van der Waals surface area contributed by atoms with Gasteiger partial charge in [-0.1, -0.05) is 18.2 Å². The highest BCUT2D eigenvalue weighted by Crippen LogP contribution is 2.27. The van der Waals surface area contributed by atoms with Gasteiger partial charge in [0.25, 0.3) is 11.8 Å². The number of benzene rings is 3. The zero-order valence-electron chi connectivity index (χ0n) is 20.9. The van der Waals surface area contributed by atoms with Crippen LogP contribution >= 0.6 is 0 Å². The van der Waals surface area contributed by atoms with E-state index in [0.717, 1.165) is 24.3 Å². The van der Waals surface area contributed by atoms with Gasteiger partial charge in [-0.2, -0.15) is 0 Å². The highest BCUT2D eigenvalue weighted by atomic mass is 16.5. The van der Waals surface area contributed by atoms with Crippen molar-refractivity contribution in [3.05, 3.63) is 83.4 Å². The monoisotopic (exact) mass is 487 g/mol. The third-order valence-electron chi connectivity index (χ3n) is 6.42. The number of hydrogen-bond acceptors (Lipinski definition) is 5. The second kappa shape index (κ2) is 12.1. The lowest BCUT2D eigenvalue weighted by molar-refractivity contribution is 0.0955. The van der Waals surface area contributed by atoms with E-state index in [9.17, 15) is 9.59 Å². The van der Waals surface area contributed by atoms with E-state index in [1.807, 2.05) is 42.5 Å². The number of anilines is 2. The summed E-state index contributed by atoms with van der Waals surface area (Å²) in [6, 6.07) is 20.4. The molecular formula is C29H33N3O4. The van der Waals surface area contributed by atoms with E-state index in [0.29, 0.717) is 41.3 Å². The molecule has 0 bridgehead atoms. The van der Waals surface area contributed by atoms with Crippen molar-refractivity contribution in [2.45, 2.75) is 25.7 Å². The largest absolute Gasteiger partial charge is 0.493 e. The second-order valence-corrected chi connectivity index (χ2v) is 8.79. The molecule has 1 fully saturated rings. The Morgan fingerprint density at radius 2 is 1.56 bits per heavy atom. The van der Waals surface area contributed by atoms with Crippen molar-refractivity contribution in [2.24, 2.45) is 0 Å². The average Bonchev–Trinajstić information content (AvgIpc) is 2.93. The van der Waals surface area contributed by atoms with Gasteiger partial charge in [-0.05, 0) is 79.8 Å². The molecule has 0 spiro atoms. The summed E-state index contributed by atoms with van der Waals surface area (Å²) < 4.78 is 10.6. The van der Waals surface area contributed by atoms with Gasteiger partial charge in [0.05, 0.1) is 25.5 Å². The quantitative estimate of drug-likeness (QED) is 0.448. The molecule has 3 aromatic rings. The third kappa shape index (κ3) is 6.16. The summed E-state index contributed by atoms with van der Waals surface area (Å²) in [6.45, 7) is 2.55. The summed E-state index contributed by atoms with van der Waals surface area (Å²) in [7, 11) is 3.19. The summed E-state index contributed by atoms with van der Waals surface area (Å²) in [6.07, 6.45) is 4.31. The molecular weight excluding hydrogens is 454 g/mol. The molecule has 0 saturated carbocycles. The Hall–Kier alpha value is -4.00. The Morgan fingerprint density at radius 3 is 2.28 bits per heavy atom. The molecule has 0 unspecified atom stereocenters. The number of methoxy groups -OCH3 is 2. The van der Waals surface area contributed by atoms with Gasteiger partial charge in [-0.25, -0.2) is 0 Å². The van der Waals surface area contributed by atoms with Crippen LogP contribution in [0.25, 0.3) is 0 Å². The van der Waals surface area contributed by atoms with Crippen LogP contribution < -0.4 is 25.0 Å². The third-order valence-corrected chi connectivity index (χ3v) is 6.42. The smallest absolute Gasteiger partial charge is 0.255 e. The number of amides is 2. The fourth-order valence-corrected chi connectivity index (χ4v) is 4.41. The number of nitrogens with one attached hydrogen (secondary N) is 2. The Balaban J connectivity index is 1.36. The summed E-state index contributed by atoms with van der Waals surface area (Å²) in [5.74, 6) is 0.826. The van der Waals surface area contributed by atoms with Crippen LogP contribution in [0.1, 0.15) is 45.5 Å². The Kier molecular flexibility index (Phi) is 8.44. The van der Waals surface area contributed by atoms with Gasteiger partial charge in [0.2, 0.25) is 0 Å². The minimum Gasteiger partial charge on any atom is -0.493 e. The van der Waals surface area contributed by atoms with Gasteiger partial charge in [0.15, 0.2) is 11.5 Å². The van der Waals surface area contributed by atoms with Crippen molar-refractivity contribution in [3.8, 4) is 11.5 Å². The van der Waals surface area contributed by atoms with Crippen LogP contribution in [0.15, 0.2) is 66.7 Å². The number of nitrogens with zero attached hydrogens (tertiary/aromatic N) is 1. The van der Waals surface area contributed by atoms with Crippen molar-refractivity contribution >= 4 is 23.2 Å². The Morgan fingerprint density at radius 1 is 0.833 bits per heavy atom. The van der Waals surface area contributed by atoms with Crippen LogP contribution in [0, 0.1) is 0 Å². The molecule has 4 rings (SSSR count). The molecule has 7 nitrogen and oxygen atoms in total. The maximum absolute atomic E-state index is 12.9. The lowest BCUT2D eigenvalue weighted by Crippen LogP contribution is -2.29. The van der Waals surface area contributed by atoms with E-state index < -0.39 is 0 Å². The molecule has 1 saturated heterocycles. The van der Waals surface area contributed by atoms with Gasteiger partial charge >= 0.3 is 0 Å². The van der Waals surface area contributed by atoms with Gasteiger partial charge in [0, 0.05) is 30.9 Å². The minimum atomic E-state index is -0.245. The number of hydrogen-bond donors (Lipinski definition) is 2. The second-order valence-electron chi connectivity index (χ2n) is 8.79. The Bertz CT molecular complexity index is 1190. The number of ether oxygens (including phenoxy) is 2. The maximum atomic E-state index is 12.9. The van der Waals surface area contributed by atoms with E-state index in [4.69, 9.17) is 9.47 Å². The lowest BCUT2D eigenvalue weighted by Gasteiger charge is -2.28. The first-order valence-electron chi connectivity index (χ1n) is 12.3. The number of para-hydroxylation sites is 1. The highest BCUT2D eigenvalue weighted by Gasteiger charge is 2.15. The van der Waals surface area contributed by atoms with Crippen LogP contribution in [0.5, 0.6) is 11.5 Å². The van der Waals surface area contributed by atoms with Gasteiger partial charge in [-0.15, -0.1) is 0 Å². The van der Waals surface area contributed by atoms with Crippen LogP contribution in [0.2, 0.25) is 0 Å². The van der Waals surface area contributed by atoms with E-state index in [1.165, 1.54) is 19.3 Å². The summed E-state index contributed by atoms with van der Waals surface area (Å²) in [5, 5.41) is 5.84. The van der Waals surface area contributed by atoms with E-state index in [2.05, 4.69) is 15.5 Å². The zero-order valence-corrected chi connectivity index (χ0v) is 20.9.